The van der Waals surface area contributed by atoms with Gasteiger partial charge in [0.15, 0.2) is 5.65 Å². The van der Waals surface area contributed by atoms with Crippen molar-refractivity contribution in [2.75, 3.05) is 26.7 Å². The Morgan fingerprint density at radius 1 is 1.31 bits per heavy atom. The van der Waals surface area contributed by atoms with E-state index in [0.717, 1.165) is 25.9 Å². The summed E-state index contributed by atoms with van der Waals surface area (Å²) in [5, 5.41) is 20.2. The quantitative estimate of drug-likeness (QED) is 0.659. The molecule has 1 amide bonds. The lowest BCUT2D eigenvalue weighted by atomic mass is 9.96. The van der Waals surface area contributed by atoms with E-state index in [9.17, 15) is 19.8 Å². The molecule has 1 saturated heterocycles. The first-order chi connectivity index (χ1) is 15.1. The fourth-order valence-electron chi connectivity index (χ4n) is 4.37. The second kappa shape index (κ2) is 9.83. The molecular weight excluding hydrogens is 414 g/mol. The standard InChI is InChI=1S/C22H33N5O5/c1-22(2,3)27(21(30)31)15-7-10-25(11-8-15)14-16(28)9-12-26-19(29)13-23-17-5-6-18(32-4)24-20(17)26/h5-6,13,15-16,28H,7-12,14H2,1-4H3,(H,30,31)/t16-/m0/s1. The molecule has 0 aliphatic carbocycles. The number of aromatic nitrogens is 3. The smallest absolute Gasteiger partial charge is 0.407 e. The highest BCUT2D eigenvalue weighted by Gasteiger charge is 2.35. The summed E-state index contributed by atoms with van der Waals surface area (Å²) in [6.07, 6.45) is 1.60. The van der Waals surface area contributed by atoms with Crippen LogP contribution in [0.25, 0.3) is 11.2 Å². The topological polar surface area (TPSA) is 121 Å². The highest BCUT2D eigenvalue weighted by molar-refractivity contribution is 5.70. The lowest BCUT2D eigenvalue weighted by molar-refractivity contribution is 0.0292. The lowest BCUT2D eigenvalue weighted by Gasteiger charge is -2.43. The molecule has 3 heterocycles. The van der Waals surface area contributed by atoms with Gasteiger partial charge < -0.3 is 24.7 Å². The number of ether oxygens (including phenoxy) is 1. The van der Waals surface area contributed by atoms with Gasteiger partial charge >= 0.3 is 6.09 Å². The molecule has 0 saturated carbocycles. The third-order valence-electron chi connectivity index (χ3n) is 5.88. The number of rotatable bonds is 7. The SMILES string of the molecule is COc1ccc2ncc(=O)n(CC[C@H](O)CN3CCC(N(C(=O)O)C(C)(C)C)CC3)c2n1. The van der Waals surface area contributed by atoms with Gasteiger partial charge in [-0.05, 0) is 46.1 Å². The van der Waals surface area contributed by atoms with Crippen molar-refractivity contribution < 1.29 is 19.7 Å². The van der Waals surface area contributed by atoms with E-state index in [4.69, 9.17) is 4.74 Å². The van der Waals surface area contributed by atoms with Gasteiger partial charge in [0.1, 0.15) is 5.52 Å². The molecule has 2 N–H and O–H groups in total. The molecule has 2 aromatic heterocycles. The van der Waals surface area contributed by atoms with Gasteiger partial charge in [-0.1, -0.05) is 0 Å². The molecule has 0 bridgehead atoms. The van der Waals surface area contributed by atoms with Crippen LogP contribution in [0.2, 0.25) is 0 Å². The van der Waals surface area contributed by atoms with Crippen molar-refractivity contribution >= 4 is 17.3 Å². The van der Waals surface area contributed by atoms with E-state index in [-0.39, 0.29) is 11.6 Å². The van der Waals surface area contributed by atoms with E-state index in [1.165, 1.54) is 17.9 Å². The van der Waals surface area contributed by atoms with Crippen molar-refractivity contribution in [3.8, 4) is 5.88 Å². The van der Waals surface area contributed by atoms with Crippen molar-refractivity contribution in [3.63, 3.8) is 0 Å². The largest absolute Gasteiger partial charge is 0.481 e. The Bertz CT molecular complexity index is 994. The Morgan fingerprint density at radius 2 is 2.00 bits per heavy atom. The maximum absolute atomic E-state index is 12.3. The zero-order valence-electron chi connectivity index (χ0n) is 19.2. The zero-order chi connectivity index (χ0) is 23.5. The fraction of sp³-hybridized carbons (Fsp3) is 0.636. The van der Waals surface area contributed by atoms with Crippen LogP contribution in [0.1, 0.15) is 40.0 Å². The van der Waals surface area contributed by atoms with Gasteiger partial charge in [-0.15, -0.1) is 0 Å². The number of amides is 1. The fourth-order valence-corrected chi connectivity index (χ4v) is 4.37. The average Bonchev–Trinajstić information content (AvgIpc) is 2.72. The summed E-state index contributed by atoms with van der Waals surface area (Å²) >= 11 is 0. The summed E-state index contributed by atoms with van der Waals surface area (Å²) in [7, 11) is 1.51. The summed E-state index contributed by atoms with van der Waals surface area (Å²) in [6, 6.07) is 3.41. The van der Waals surface area contributed by atoms with Crippen LogP contribution < -0.4 is 10.3 Å². The van der Waals surface area contributed by atoms with Crippen LogP contribution in [0.4, 0.5) is 4.79 Å². The number of hydrogen-bond acceptors (Lipinski definition) is 7. The maximum Gasteiger partial charge on any atom is 0.407 e. The molecule has 10 nitrogen and oxygen atoms in total. The average molecular weight is 448 g/mol. The van der Waals surface area contributed by atoms with Crippen LogP contribution in [0.5, 0.6) is 5.88 Å². The van der Waals surface area contributed by atoms with E-state index in [1.807, 2.05) is 20.8 Å². The lowest BCUT2D eigenvalue weighted by Crippen LogP contribution is -2.55. The van der Waals surface area contributed by atoms with Crippen LogP contribution in [-0.2, 0) is 6.54 Å². The number of fused-ring (bicyclic) bond motifs is 1. The second-order valence-electron chi connectivity index (χ2n) is 9.24. The Hall–Kier alpha value is -2.72. The second-order valence-corrected chi connectivity index (χ2v) is 9.24. The summed E-state index contributed by atoms with van der Waals surface area (Å²) in [4.78, 5) is 36.2. The monoisotopic (exact) mass is 447 g/mol. The number of methoxy groups -OCH3 is 1. The number of pyridine rings is 1. The third-order valence-corrected chi connectivity index (χ3v) is 5.88. The van der Waals surface area contributed by atoms with Crippen molar-refractivity contribution in [1.29, 1.82) is 0 Å². The van der Waals surface area contributed by atoms with E-state index in [0.29, 0.717) is 36.6 Å². The predicted octanol–water partition coefficient (Wildman–Crippen LogP) is 1.79. The number of aryl methyl sites for hydroxylation is 1. The summed E-state index contributed by atoms with van der Waals surface area (Å²) in [5.74, 6) is 0.396. The summed E-state index contributed by atoms with van der Waals surface area (Å²) in [5.41, 5.74) is 0.293. The Morgan fingerprint density at radius 3 is 2.59 bits per heavy atom. The first-order valence-electron chi connectivity index (χ1n) is 10.9. The van der Waals surface area contributed by atoms with Crippen LogP contribution >= 0.6 is 0 Å². The number of likely N-dealkylation sites (tertiary alicyclic amines) is 1. The number of piperidine rings is 1. The molecule has 0 aromatic carbocycles. The molecule has 1 atom stereocenters. The number of aliphatic hydroxyl groups excluding tert-OH is 1. The number of nitrogens with zero attached hydrogens (tertiary/aromatic N) is 5. The number of carbonyl (C=O) groups is 1. The normalized spacial score (nSPS) is 16.8. The van der Waals surface area contributed by atoms with Gasteiger partial charge in [0.05, 0.1) is 19.4 Å². The van der Waals surface area contributed by atoms with Gasteiger partial charge in [0.2, 0.25) is 5.88 Å². The molecule has 32 heavy (non-hydrogen) atoms. The van der Waals surface area contributed by atoms with E-state index in [2.05, 4.69) is 14.9 Å². The highest BCUT2D eigenvalue weighted by Crippen LogP contribution is 2.25. The minimum atomic E-state index is -0.892. The molecule has 3 rings (SSSR count). The van der Waals surface area contributed by atoms with Crippen LogP contribution in [0, 0.1) is 0 Å². The first kappa shape index (κ1) is 23.9. The van der Waals surface area contributed by atoms with Gasteiger partial charge in [-0.25, -0.2) is 9.78 Å². The maximum atomic E-state index is 12.3. The van der Waals surface area contributed by atoms with Gasteiger partial charge in [-0.3, -0.25) is 9.36 Å². The molecule has 176 valence electrons. The highest BCUT2D eigenvalue weighted by atomic mass is 16.5. The van der Waals surface area contributed by atoms with E-state index >= 15 is 0 Å². The first-order valence-corrected chi connectivity index (χ1v) is 10.9. The number of aliphatic hydroxyl groups is 1. The van der Waals surface area contributed by atoms with Gasteiger partial charge in [-0.2, -0.15) is 4.98 Å². The van der Waals surface area contributed by atoms with Crippen LogP contribution in [-0.4, -0.2) is 85.1 Å². The molecule has 10 heteroatoms. The van der Waals surface area contributed by atoms with E-state index in [1.54, 1.807) is 17.0 Å². The van der Waals surface area contributed by atoms with Crippen LogP contribution in [0.3, 0.4) is 0 Å². The predicted molar refractivity (Wildman–Crippen MR) is 120 cm³/mol. The molecular formula is C22H33N5O5. The van der Waals surface area contributed by atoms with Crippen molar-refractivity contribution in [3.05, 3.63) is 28.7 Å². The molecule has 0 unspecified atom stereocenters. The van der Waals surface area contributed by atoms with Gasteiger partial charge in [0.25, 0.3) is 5.56 Å². The molecule has 2 aromatic rings. The van der Waals surface area contributed by atoms with Crippen molar-refractivity contribution in [1.82, 2.24) is 24.3 Å². The van der Waals surface area contributed by atoms with Gasteiger partial charge in [0, 0.05) is 43.8 Å². The Labute approximate surface area is 187 Å². The molecule has 1 aliphatic heterocycles. The molecule has 1 fully saturated rings. The number of β-amino-alcohol motifs (C(OH)–C–C–N with tert-alkyl or cyclic N) is 1. The van der Waals surface area contributed by atoms with E-state index < -0.39 is 17.7 Å². The summed E-state index contributed by atoms with van der Waals surface area (Å²) in [6.45, 7) is 7.96. The Balaban J connectivity index is 1.58. The Kier molecular flexibility index (Phi) is 7.35. The summed E-state index contributed by atoms with van der Waals surface area (Å²) < 4.78 is 6.66. The minimum absolute atomic E-state index is 0.0243. The molecule has 0 radical (unpaired) electrons. The molecule has 0 spiro atoms. The minimum Gasteiger partial charge on any atom is -0.481 e. The number of hydrogen-bond donors (Lipinski definition) is 2. The number of carboxylic acid groups (broad SMARTS) is 1. The van der Waals surface area contributed by atoms with Crippen molar-refractivity contribution in [2.24, 2.45) is 0 Å². The zero-order valence-corrected chi connectivity index (χ0v) is 19.2. The van der Waals surface area contributed by atoms with Crippen LogP contribution in [0.15, 0.2) is 23.1 Å². The molecule has 1 aliphatic rings. The third kappa shape index (κ3) is 5.55. The van der Waals surface area contributed by atoms with Crippen molar-refractivity contribution in [2.45, 2.75) is 64.3 Å².